The number of nitrogens with one attached hydrogen (secondary N) is 1. The number of nitriles is 1. The van der Waals surface area contributed by atoms with E-state index in [4.69, 9.17) is 14.7 Å². The lowest BCUT2D eigenvalue weighted by atomic mass is 9.92. The molecule has 0 aromatic heterocycles. The monoisotopic (exact) mass is 260 g/mol. The van der Waals surface area contributed by atoms with Crippen molar-refractivity contribution in [3.63, 3.8) is 0 Å². The maximum absolute atomic E-state index is 8.94. The highest BCUT2D eigenvalue weighted by Crippen LogP contribution is 2.35. The zero-order valence-electron chi connectivity index (χ0n) is 11.7. The Morgan fingerprint density at radius 1 is 1.53 bits per heavy atom. The Balaban J connectivity index is 1.95. The summed E-state index contributed by atoms with van der Waals surface area (Å²) in [5, 5.41) is 12.2. The smallest absolute Gasteiger partial charge is 0.127 e. The summed E-state index contributed by atoms with van der Waals surface area (Å²) < 4.78 is 11.3. The van der Waals surface area contributed by atoms with Crippen molar-refractivity contribution < 1.29 is 9.47 Å². The Labute approximate surface area is 114 Å². The summed E-state index contributed by atoms with van der Waals surface area (Å²) in [7, 11) is 1.93. The third-order valence-electron chi connectivity index (χ3n) is 3.41. The van der Waals surface area contributed by atoms with Crippen LogP contribution >= 0.6 is 0 Å². The van der Waals surface area contributed by atoms with Gasteiger partial charge in [-0.25, -0.2) is 0 Å². The van der Waals surface area contributed by atoms with E-state index in [-0.39, 0.29) is 11.5 Å². The fourth-order valence-electron chi connectivity index (χ4n) is 2.00. The first-order valence-corrected chi connectivity index (χ1v) is 6.54. The van der Waals surface area contributed by atoms with Crippen LogP contribution in [0.25, 0.3) is 0 Å². The fourth-order valence-corrected chi connectivity index (χ4v) is 2.00. The molecule has 0 bridgehead atoms. The van der Waals surface area contributed by atoms with Gasteiger partial charge in [0.25, 0.3) is 0 Å². The van der Waals surface area contributed by atoms with Gasteiger partial charge in [-0.15, -0.1) is 0 Å². The second kappa shape index (κ2) is 5.50. The largest absolute Gasteiger partial charge is 0.493 e. The van der Waals surface area contributed by atoms with Crippen molar-refractivity contribution in [2.24, 2.45) is 5.41 Å². The summed E-state index contributed by atoms with van der Waals surface area (Å²) in [6.45, 7) is 5.03. The Kier molecular flexibility index (Phi) is 3.96. The van der Waals surface area contributed by atoms with Crippen molar-refractivity contribution in [3.05, 3.63) is 23.8 Å². The van der Waals surface area contributed by atoms with E-state index in [9.17, 15) is 0 Å². The zero-order valence-corrected chi connectivity index (χ0v) is 11.7. The summed E-state index contributed by atoms with van der Waals surface area (Å²) in [5.41, 5.74) is 0.831. The highest BCUT2D eigenvalue weighted by Gasteiger charge is 2.23. The summed E-state index contributed by atoms with van der Waals surface area (Å²) in [6, 6.07) is 8.45. The maximum Gasteiger partial charge on any atom is 0.127 e. The molecule has 0 amide bonds. The molecule has 1 heterocycles. The van der Waals surface area contributed by atoms with E-state index in [0.29, 0.717) is 19.6 Å². The lowest BCUT2D eigenvalue weighted by molar-refractivity contribution is 0.262. The third kappa shape index (κ3) is 3.18. The molecular formula is C15H20N2O2. The van der Waals surface area contributed by atoms with Crippen LogP contribution < -0.4 is 14.8 Å². The Hall–Kier alpha value is -1.73. The van der Waals surface area contributed by atoms with Crippen molar-refractivity contribution in [1.29, 1.82) is 5.26 Å². The summed E-state index contributed by atoms with van der Waals surface area (Å²) >= 11 is 0. The van der Waals surface area contributed by atoms with E-state index in [1.165, 1.54) is 5.56 Å². The minimum absolute atomic E-state index is 0.265. The van der Waals surface area contributed by atoms with Gasteiger partial charge in [-0.3, -0.25) is 0 Å². The SMILES string of the molecule is CNC1COc2cc(OCCC(C)(C)C#N)ccc21. The molecule has 1 aromatic carbocycles. The predicted molar refractivity (Wildman–Crippen MR) is 73.2 cm³/mol. The van der Waals surface area contributed by atoms with E-state index < -0.39 is 0 Å². The molecular weight excluding hydrogens is 240 g/mol. The third-order valence-corrected chi connectivity index (χ3v) is 3.41. The molecule has 0 saturated heterocycles. The van der Waals surface area contributed by atoms with Gasteiger partial charge in [-0.2, -0.15) is 5.26 Å². The van der Waals surface area contributed by atoms with E-state index in [1.807, 2.05) is 39.1 Å². The van der Waals surface area contributed by atoms with Gasteiger partial charge in [-0.05, 0) is 39.4 Å². The Morgan fingerprint density at radius 3 is 3.00 bits per heavy atom. The van der Waals surface area contributed by atoms with Crippen LogP contribution in [0.5, 0.6) is 11.5 Å². The highest BCUT2D eigenvalue weighted by atomic mass is 16.5. The van der Waals surface area contributed by atoms with Gasteiger partial charge in [0.15, 0.2) is 0 Å². The van der Waals surface area contributed by atoms with Gasteiger partial charge in [0.05, 0.1) is 24.1 Å². The van der Waals surface area contributed by atoms with E-state index >= 15 is 0 Å². The van der Waals surface area contributed by atoms with Crippen molar-refractivity contribution in [1.82, 2.24) is 5.32 Å². The number of nitrogens with zero attached hydrogens (tertiary/aromatic N) is 1. The van der Waals surface area contributed by atoms with Crippen LogP contribution in [0.15, 0.2) is 18.2 Å². The molecule has 0 radical (unpaired) electrons. The van der Waals surface area contributed by atoms with Gasteiger partial charge in [-0.1, -0.05) is 0 Å². The Morgan fingerprint density at radius 2 is 2.32 bits per heavy atom. The molecule has 0 saturated carbocycles. The van der Waals surface area contributed by atoms with Gasteiger partial charge in [0.1, 0.15) is 18.1 Å². The lowest BCUT2D eigenvalue weighted by Crippen LogP contribution is -2.17. The first kappa shape index (κ1) is 13.7. The van der Waals surface area contributed by atoms with Crippen LogP contribution in [0.3, 0.4) is 0 Å². The molecule has 0 aliphatic carbocycles. The zero-order chi connectivity index (χ0) is 13.9. The molecule has 1 aliphatic heterocycles. The molecule has 4 heteroatoms. The lowest BCUT2D eigenvalue weighted by Gasteiger charge is -2.15. The van der Waals surface area contributed by atoms with Crippen LogP contribution in [0.1, 0.15) is 31.9 Å². The molecule has 1 aliphatic rings. The predicted octanol–water partition coefficient (Wildman–Crippen LogP) is 2.66. The maximum atomic E-state index is 8.94. The number of likely N-dealkylation sites (N-methyl/N-ethyl adjacent to an activating group) is 1. The van der Waals surface area contributed by atoms with Crippen molar-refractivity contribution in [3.8, 4) is 17.6 Å². The summed E-state index contributed by atoms with van der Waals surface area (Å²) in [4.78, 5) is 0. The molecule has 1 atom stereocenters. The number of benzene rings is 1. The topological polar surface area (TPSA) is 54.3 Å². The first-order valence-electron chi connectivity index (χ1n) is 6.54. The van der Waals surface area contributed by atoms with Crippen LogP contribution in [0.2, 0.25) is 0 Å². The number of hydrogen-bond donors (Lipinski definition) is 1. The second-order valence-electron chi connectivity index (χ2n) is 5.45. The molecule has 1 N–H and O–H groups in total. The number of fused-ring (bicyclic) bond motifs is 1. The molecule has 1 aromatic rings. The number of ether oxygens (including phenoxy) is 2. The molecule has 102 valence electrons. The van der Waals surface area contributed by atoms with Crippen LogP contribution in [-0.4, -0.2) is 20.3 Å². The number of rotatable bonds is 5. The second-order valence-corrected chi connectivity index (χ2v) is 5.45. The quantitative estimate of drug-likeness (QED) is 0.884. The average Bonchev–Trinajstić information content (AvgIpc) is 2.81. The van der Waals surface area contributed by atoms with E-state index in [0.717, 1.165) is 11.5 Å². The number of hydrogen-bond acceptors (Lipinski definition) is 4. The van der Waals surface area contributed by atoms with Gasteiger partial charge in [0.2, 0.25) is 0 Å². The highest BCUT2D eigenvalue weighted by molar-refractivity contribution is 5.44. The van der Waals surface area contributed by atoms with Gasteiger partial charge in [0, 0.05) is 11.6 Å². The van der Waals surface area contributed by atoms with E-state index in [1.54, 1.807) is 0 Å². The van der Waals surface area contributed by atoms with Crippen molar-refractivity contribution in [2.75, 3.05) is 20.3 Å². The molecule has 4 nitrogen and oxygen atoms in total. The minimum Gasteiger partial charge on any atom is -0.493 e. The summed E-state index contributed by atoms with van der Waals surface area (Å²) in [6.07, 6.45) is 0.709. The fraction of sp³-hybridized carbons (Fsp3) is 0.533. The van der Waals surface area contributed by atoms with Gasteiger partial charge < -0.3 is 14.8 Å². The molecule has 0 spiro atoms. The van der Waals surface area contributed by atoms with Crippen molar-refractivity contribution in [2.45, 2.75) is 26.3 Å². The normalized spacial score (nSPS) is 17.5. The standard InChI is InChI=1S/C15H20N2O2/c1-15(2,10-16)6-7-18-11-4-5-12-13(17-3)9-19-14(12)8-11/h4-5,8,13,17H,6-7,9H2,1-3H3. The Bertz CT molecular complexity index is 491. The molecule has 0 fully saturated rings. The van der Waals surface area contributed by atoms with Crippen LogP contribution in [0.4, 0.5) is 0 Å². The first-order chi connectivity index (χ1) is 9.05. The summed E-state index contributed by atoms with van der Waals surface area (Å²) in [5.74, 6) is 1.68. The molecule has 1 unspecified atom stereocenters. The van der Waals surface area contributed by atoms with Crippen LogP contribution in [-0.2, 0) is 0 Å². The van der Waals surface area contributed by atoms with E-state index in [2.05, 4.69) is 11.4 Å². The van der Waals surface area contributed by atoms with Gasteiger partial charge >= 0.3 is 0 Å². The molecule has 19 heavy (non-hydrogen) atoms. The van der Waals surface area contributed by atoms with Crippen LogP contribution in [0, 0.1) is 16.7 Å². The minimum atomic E-state index is -0.343. The average molecular weight is 260 g/mol. The van der Waals surface area contributed by atoms with Crippen molar-refractivity contribution >= 4 is 0 Å². The molecule has 2 rings (SSSR count).